The Balaban J connectivity index is 0.685. The number of hydrogen-bond donors (Lipinski definition) is 0. The van der Waals surface area contributed by atoms with Gasteiger partial charge < -0.3 is 19.6 Å². The van der Waals surface area contributed by atoms with E-state index in [4.69, 9.17) is 0 Å². The van der Waals surface area contributed by atoms with Gasteiger partial charge in [0.25, 0.3) is 0 Å². The van der Waals surface area contributed by atoms with Gasteiger partial charge >= 0.3 is 0 Å². The molecule has 0 unspecified atom stereocenters. The zero-order valence-electron chi connectivity index (χ0n) is 48.3. The SMILES string of the molecule is c1ccc(N(c2ccccc2)c2ccc3c(ccc4cc(N(c5ccccc5)c5ccc(-c6ccc7c(ccc8cc(N(c9ccccc9)c9ccc%10c(ccc%11cc(N(c%12ccccc%12)c%12ccccc%12)ccc%11%10)c9)ccc87)c6)cc5)ccc43)c2)cc1. The molecular formula is C84H58N4. The van der Waals surface area contributed by atoms with Crippen LogP contribution in [-0.2, 0) is 0 Å². The van der Waals surface area contributed by atoms with E-state index in [2.05, 4.69) is 371 Å². The van der Waals surface area contributed by atoms with Crippen LogP contribution in [0.25, 0.3) is 75.8 Å². The summed E-state index contributed by atoms with van der Waals surface area (Å²) in [6.45, 7) is 0. The van der Waals surface area contributed by atoms with Crippen molar-refractivity contribution in [3.8, 4) is 11.1 Å². The topological polar surface area (TPSA) is 13.0 Å². The fraction of sp³-hybridized carbons (Fsp3) is 0. The summed E-state index contributed by atoms with van der Waals surface area (Å²) in [5.74, 6) is 0. The van der Waals surface area contributed by atoms with E-state index in [-0.39, 0.29) is 0 Å². The molecule has 0 bridgehead atoms. The molecule has 16 rings (SSSR count). The number of para-hydroxylation sites is 6. The molecule has 0 aliphatic carbocycles. The van der Waals surface area contributed by atoms with Crippen LogP contribution in [-0.4, -0.2) is 0 Å². The molecule has 4 heteroatoms. The third-order valence-electron chi connectivity index (χ3n) is 17.3. The zero-order valence-corrected chi connectivity index (χ0v) is 48.3. The van der Waals surface area contributed by atoms with E-state index in [1.165, 1.54) is 75.8 Å². The van der Waals surface area contributed by atoms with Crippen LogP contribution in [0.15, 0.2) is 352 Å². The van der Waals surface area contributed by atoms with Crippen molar-refractivity contribution in [1.82, 2.24) is 0 Å². The van der Waals surface area contributed by atoms with Gasteiger partial charge in [-0.3, -0.25) is 0 Å². The van der Waals surface area contributed by atoms with Crippen LogP contribution in [0.5, 0.6) is 0 Å². The zero-order chi connectivity index (χ0) is 58.3. The molecule has 0 spiro atoms. The predicted molar refractivity (Wildman–Crippen MR) is 376 cm³/mol. The lowest BCUT2D eigenvalue weighted by molar-refractivity contribution is 1.29. The molecule has 0 aliphatic rings. The molecule has 0 heterocycles. The fourth-order valence-corrected chi connectivity index (χ4v) is 13.1. The Morgan fingerprint density at radius 2 is 0.307 bits per heavy atom. The van der Waals surface area contributed by atoms with Gasteiger partial charge in [0.1, 0.15) is 0 Å². The molecule has 0 radical (unpaired) electrons. The van der Waals surface area contributed by atoms with E-state index < -0.39 is 0 Å². The van der Waals surface area contributed by atoms with Gasteiger partial charge in [0.2, 0.25) is 0 Å². The number of anilines is 12. The molecule has 0 N–H and O–H groups in total. The van der Waals surface area contributed by atoms with Crippen LogP contribution in [0.3, 0.4) is 0 Å². The smallest absolute Gasteiger partial charge is 0.0468 e. The molecule has 0 saturated heterocycles. The summed E-state index contributed by atoms with van der Waals surface area (Å²) in [6, 6.07) is 128. The van der Waals surface area contributed by atoms with Crippen LogP contribution in [0, 0.1) is 0 Å². The van der Waals surface area contributed by atoms with E-state index in [9.17, 15) is 0 Å². The Labute approximate surface area is 512 Å². The molecule has 0 aliphatic heterocycles. The molecule has 0 saturated carbocycles. The van der Waals surface area contributed by atoms with Crippen molar-refractivity contribution in [1.29, 1.82) is 0 Å². The van der Waals surface area contributed by atoms with Gasteiger partial charge in [-0.1, -0.05) is 200 Å². The van der Waals surface area contributed by atoms with Crippen molar-refractivity contribution in [3.63, 3.8) is 0 Å². The molecule has 88 heavy (non-hydrogen) atoms. The van der Waals surface area contributed by atoms with Gasteiger partial charge in [0.05, 0.1) is 0 Å². The minimum atomic E-state index is 1.09. The monoisotopic (exact) mass is 1120 g/mol. The van der Waals surface area contributed by atoms with E-state index >= 15 is 0 Å². The van der Waals surface area contributed by atoms with Gasteiger partial charge in [0.15, 0.2) is 0 Å². The lowest BCUT2D eigenvalue weighted by atomic mass is 9.96. The fourth-order valence-electron chi connectivity index (χ4n) is 13.1. The molecular weight excluding hydrogens is 1060 g/mol. The molecule has 4 nitrogen and oxygen atoms in total. The molecule has 0 atom stereocenters. The van der Waals surface area contributed by atoms with Crippen molar-refractivity contribution in [2.24, 2.45) is 0 Å². The van der Waals surface area contributed by atoms with Crippen LogP contribution in [0.2, 0.25) is 0 Å². The van der Waals surface area contributed by atoms with Gasteiger partial charge in [0, 0.05) is 68.2 Å². The molecule has 414 valence electrons. The standard InChI is InChI=1S/C84H58N4/c1-7-19-67(20-8-1)85(68-21-9-2-10-22-68)74-42-48-81-63(54-74)33-34-65-56-76(44-50-83(65)81)87(71-27-15-5-16-28-71)73-40-37-59(38-41-73)60-39-47-79-61(53-60)31-32-62-57-77(45-51-80(62)79)88(72-29-17-6-18-30-72)78-46-52-84-66(58-78)36-35-64-55-75(43-49-82(64)84)86(69-23-11-3-12-24-69)70-25-13-4-14-26-70/h1-58H. The third-order valence-corrected chi connectivity index (χ3v) is 17.3. The summed E-state index contributed by atoms with van der Waals surface area (Å²) in [4.78, 5) is 9.38. The maximum Gasteiger partial charge on any atom is 0.0468 e. The van der Waals surface area contributed by atoms with Crippen molar-refractivity contribution in [2.45, 2.75) is 0 Å². The van der Waals surface area contributed by atoms with E-state index in [0.29, 0.717) is 0 Å². The van der Waals surface area contributed by atoms with Crippen LogP contribution < -0.4 is 19.6 Å². The third kappa shape index (κ3) is 9.65. The molecule has 16 aromatic carbocycles. The summed E-state index contributed by atoms with van der Waals surface area (Å²) in [7, 11) is 0. The van der Waals surface area contributed by atoms with Crippen molar-refractivity contribution in [2.75, 3.05) is 19.6 Å². The highest BCUT2D eigenvalue weighted by molar-refractivity contribution is 6.13. The molecule has 0 fully saturated rings. The maximum atomic E-state index is 2.38. The van der Waals surface area contributed by atoms with Crippen LogP contribution in [0.4, 0.5) is 68.2 Å². The number of hydrogen-bond acceptors (Lipinski definition) is 4. The Morgan fingerprint density at radius 1 is 0.125 bits per heavy atom. The van der Waals surface area contributed by atoms with Crippen LogP contribution >= 0.6 is 0 Å². The normalized spacial score (nSPS) is 11.4. The maximum absolute atomic E-state index is 2.38. The summed E-state index contributed by atoms with van der Waals surface area (Å²) in [5, 5.41) is 14.5. The Hall–Kier alpha value is -11.7. The van der Waals surface area contributed by atoms with E-state index in [1.807, 2.05) is 0 Å². The highest BCUT2D eigenvalue weighted by Crippen LogP contribution is 2.44. The largest absolute Gasteiger partial charge is 0.310 e. The number of nitrogens with zero attached hydrogens (tertiary/aromatic N) is 4. The minimum absolute atomic E-state index is 1.09. The Bertz CT molecular complexity index is 5120. The summed E-state index contributed by atoms with van der Waals surface area (Å²) in [5.41, 5.74) is 15.7. The van der Waals surface area contributed by atoms with Crippen molar-refractivity contribution >= 4 is 133 Å². The number of benzene rings is 16. The summed E-state index contributed by atoms with van der Waals surface area (Å²) in [6.07, 6.45) is 0. The second-order valence-electron chi connectivity index (χ2n) is 22.6. The molecule has 16 aromatic rings. The second-order valence-corrected chi connectivity index (χ2v) is 22.6. The lowest BCUT2D eigenvalue weighted by Gasteiger charge is -2.27. The predicted octanol–water partition coefficient (Wildman–Crippen LogP) is 24.2. The minimum Gasteiger partial charge on any atom is -0.310 e. The van der Waals surface area contributed by atoms with Crippen molar-refractivity contribution in [3.05, 3.63) is 352 Å². The van der Waals surface area contributed by atoms with Gasteiger partial charge in [-0.05, 0) is 227 Å². The Morgan fingerprint density at radius 3 is 0.557 bits per heavy atom. The van der Waals surface area contributed by atoms with E-state index in [0.717, 1.165) is 68.2 Å². The van der Waals surface area contributed by atoms with Gasteiger partial charge in [-0.15, -0.1) is 0 Å². The van der Waals surface area contributed by atoms with Crippen molar-refractivity contribution < 1.29 is 0 Å². The first-order chi connectivity index (χ1) is 43.6. The number of fused-ring (bicyclic) bond motifs is 9. The second kappa shape index (κ2) is 22.4. The first kappa shape index (κ1) is 51.9. The first-order valence-corrected chi connectivity index (χ1v) is 30.1. The highest BCUT2D eigenvalue weighted by Gasteiger charge is 2.20. The first-order valence-electron chi connectivity index (χ1n) is 30.1. The Kier molecular flexibility index (Phi) is 13.2. The highest BCUT2D eigenvalue weighted by atomic mass is 15.2. The lowest BCUT2D eigenvalue weighted by Crippen LogP contribution is -2.10. The average molecular weight is 1120 g/mol. The van der Waals surface area contributed by atoms with E-state index in [1.54, 1.807) is 0 Å². The van der Waals surface area contributed by atoms with Gasteiger partial charge in [-0.25, -0.2) is 0 Å². The quantitative estimate of drug-likeness (QED) is 0.107. The summed E-state index contributed by atoms with van der Waals surface area (Å²) >= 11 is 0. The molecule has 0 amide bonds. The number of rotatable bonds is 13. The van der Waals surface area contributed by atoms with Crippen LogP contribution in [0.1, 0.15) is 0 Å². The molecule has 0 aromatic heterocycles. The van der Waals surface area contributed by atoms with Gasteiger partial charge in [-0.2, -0.15) is 0 Å². The summed E-state index contributed by atoms with van der Waals surface area (Å²) < 4.78 is 0. The average Bonchev–Trinajstić information content (AvgIpc) is 1.62.